The Bertz CT molecular complexity index is 1430. The summed E-state index contributed by atoms with van der Waals surface area (Å²) in [6, 6.07) is 20.9. The van der Waals surface area contributed by atoms with Crippen LogP contribution in [0.2, 0.25) is 0 Å². The second-order valence-corrected chi connectivity index (χ2v) is 11.7. The number of halogens is 1. The quantitative estimate of drug-likeness (QED) is 0.262. The zero-order chi connectivity index (χ0) is 27.4. The van der Waals surface area contributed by atoms with Crippen LogP contribution in [0.5, 0.6) is 11.5 Å². The van der Waals surface area contributed by atoms with Gasteiger partial charge in [-0.2, -0.15) is 0 Å². The Morgan fingerprint density at radius 2 is 1.56 bits per heavy atom. The van der Waals surface area contributed by atoms with Crippen LogP contribution in [-0.2, 0) is 31.6 Å². The highest BCUT2D eigenvalue weighted by Gasteiger charge is 2.17. The summed E-state index contributed by atoms with van der Waals surface area (Å²) < 4.78 is 24.2. The molecule has 3 aromatic carbocycles. The average Bonchev–Trinajstić information content (AvgIpc) is 3.58. The van der Waals surface area contributed by atoms with Crippen LogP contribution in [0.3, 0.4) is 0 Å². The molecule has 0 unspecified atom stereocenters. The van der Waals surface area contributed by atoms with E-state index in [4.69, 9.17) is 9.47 Å². The third kappa shape index (κ3) is 7.02. The number of fused-ring (bicyclic) bond motifs is 1. The molecule has 39 heavy (non-hydrogen) atoms. The summed E-state index contributed by atoms with van der Waals surface area (Å²) >= 11 is 1.46. The van der Waals surface area contributed by atoms with Gasteiger partial charge in [0.25, 0.3) is 5.91 Å². The van der Waals surface area contributed by atoms with Crippen molar-refractivity contribution in [3.8, 4) is 11.5 Å². The number of hydrogen-bond donors (Lipinski definition) is 1. The molecule has 0 saturated carbocycles. The van der Waals surface area contributed by atoms with Crippen LogP contribution in [0.4, 0.5) is 4.39 Å². The molecule has 8 heteroatoms. The van der Waals surface area contributed by atoms with Crippen LogP contribution < -0.4 is 14.8 Å². The Labute approximate surface area is 232 Å². The minimum atomic E-state index is -0.251. The van der Waals surface area contributed by atoms with Gasteiger partial charge in [-0.15, -0.1) is 11.3 Å². The highest BCUT2D eigenvalue weighted by molar-refractivity contribution is 7.09. The number of ether oxygens (including phenoxy) is 2. The van der Waals surface area contributed by atoms with Gasteiger partial charge in [-0.1, -0.05) is 63.2 Å². The molecule has 0 bridgehead atoms. The highest BCUT2D eigenvalue weighted by Crippen LogP contribution is 2.32. The summed E-state index contributed by atoms with van der Waals surface area (Å²) in [5.74, 6) is 0.925. The van der Waals surface area contributed by atoms with Crippen molar-refractivity contribution in [1.82, 2.24) is 15.2 Å². The fourth-order valence-electron chi connectivity index (χ4n) is 4.39. The van der Waals surface area contributed by atoms with E-state index in [2.05, 4.69) is 60.2 Å². The maximum Gasteiger partial charge on any atom is 0.271 e. The lowest BCUT2D eigenvalue weighted by atomic mass is 9.87. The number of aromatic nitrogens is 1. The summed E-state index contributed by atoms with van der Waals surface area (Å²) in [7, 11) is 0. The van der Waals surface area contributed by atoms with Gasteiger partial charge in [0, 0.05) is 25.0 Å². The second-order valence-electron chi connectivity index (χ2n) is 10.7. The number of carbonyl (C=O) groups is 1. The number of rotatable bonds is 9. The maximum absolute atomic E-state index is 13.5. The Kier molecular flexibility index (Phi) is 7.95. The average molecular weight is 546 g/mol. The van der Waals surface area contributed by atoms with Gasteiger partial charge >= 0.3 is 0 Å². The van der Waals surface area contributed by atoms with Crippen molar-refractivity contribution in [2.75, 3.05) is 6.79 Å². The van der Waals surface area contributed by atoms with Gasteiger partial charge in [0.2, 0.25) is 6.79 Å². The van der Waals surface area contributed by atoms with Crippen molar-refractivity contribution in [2.45, 2.75) is 52.4 Å². The predicted molar refractivity (Wildman–Crippen MR) is 150 cm³/mol. The summed E-state index contributed by atoms with van der Waals surface area (Å²) in [6.07, 6.45) is 0. The monoisotopic (exact) mass is 545 g/mol. The third-order valence-electron chi connectivity index (χ3n) is 6.58. The lowest BCUT2D eigenvalue weighted by molar-refractivity contribution is 0.0946. The van der Waals surface area contributed by atoms with Crippen molar-refractivity contribution in [3.05, 3.63) is 111 Å². The lowest BCUT2D eigenvalue weighted by Crippen LogP contribution is -2.24. The number of nitrogens with one attached hydrogen (secondary N) is 1. The molecule has 6 nitrogen and oxygen atoms in total. The molecule has 0 spiro atoms. The number of hydrogen-bond acceptors (Lipinski definition) is 6. The van der Waals surface area contributed by atoms with Crippen LogP contribution in [0.15, 0.2) is 72.1 Å². The van der Waals surface area contributed by atoms with E-state index in [1.807, 2.05) is 30.3 Å². The Morgan fingerprint density at radius 3 is 2.26 bits per heavy atom. The molecule has 1 aliphatic heterocycles. The fraction of sp³-hybridized carbons (Fsp3) is 0.290. The van der Waals surface area contributed by atoms with Crippen LogP contribution in [0.1, 0.15) is 58.5 Å². The van der Waals surface area contributed by atoms with Gasteiger partial charge < -0.3 is 14.8 Å². The molecule has 1 amide bonds. The number of thiazole rings is 1. The summed E-state index contributed by atoms with van der Waals surface area (Å²) in [4.78, 5) is 19.7. The van der Waals surface area contributed by atoms with E-state index >= 15 is 0 Å². The molecule has 0 aliphatic carbocycles. The zero-order valence-corrected chi connectivity index (χ0v) is 23.2. The standard InChI is InChI=1S/C31H32FN3O3S/c1-31(2,3)24-9-4-21(5-10-24)16-35(17-22-6-11-25(32)12-7-22)18-29-34-26(19-39-29)30(36)33-15-23-8-13-27-28(14-23)38-20-37-27/h4-14,19H,15-18,20H2,1-3H3,(H,33,36). The number of benzene rings is 3. The Hall–Kier alpha value is -3.75. The molecule has 0 fully saturated rings. The summed E-state index contributed by atoms with van der Waals surface area (Å²) in [6.45, 7) is 9.09. The van der Waals surface area contributed by atoms with Crippen molar-refractivity contribution in [2.24, 2.45) is 0 Å². The van der Waals surface area contributed by atoms with Crippen molar-refractivity contribution >= 4 is 17.2 Å². The maximum atomic E-state index is 13.5. The van der Waals surface area contributed by atoms with E-state index in [0.717, 1.165) is 16.1 Å². The number of carbonyl (C=O) groups excluding carboxylic acids is 1. The first-order chi connectivity index (χ1) is 18.7. The molecule has 1 N–H and O–H groups in total. The van der Waals surface area contributed by atoms with Gasteiger partial charge in [0.05, 0.1) is 6.54 Å². The first-order valence-corrected chi connectivity index (χ1v) is 13.8. The van der Waals surface area contributed by atoms with Crippen LogP contribution >= 0.6 is 11.3 Å². The number of amides is 1. The van der Waals surface area contributed by atoms with Gasteiger partial charge in [-0.05, 0) is 51.9 Å². The van der Waals surface area contributed by atoms with Crippen LogP contribution in [0, 0.1) is 5.82 Å². The lowest BCUT2D eigenvalue weighted by Gasteiger charge is -2.23. The van der Waals surface area contributed by atoms with Crippen molar-refractivity contribution in [3.63, 3.8) is 0 Å². The normalized spacial score (nSPS) is 12.6. The minimum absolute atomic E-state index is 0.0902. The molecule has 0 atom stereocenters. The van der Waals surface area contributed by atoms with Gasteiger partial charge in [0.1, 0.15) is 16.5 Å². The van der Waals surface area contributed by atoms with Crippen LogP contribution in [0.25, 0.3) is 0 Å². The SMILES string of the molecule is CC(C)(C)c1ccc(CN(Cc2ccc(F)cc2)Cc2nc(C(=O)NCc3ccc4c(c3)OCO4)cs2)cc1. The third-order valence-corrected chi connectivity index (χ3v) is 7.41. The molecule has 0 radical (unpaired) electrons. The second kappa shape index (κ2) is 11.6. The first kappa shape index (κ1) is 26.8. The van der Waals surface area contributed by atoms with E-state index in [0.29, 0.717) is 43.4 Å². The molecule has 4 aromatic rings. The van der Waals surface area contributed by atoms with Gasteiger partial charge in [-0.3, -0.25) is 9.69 Å². The molecule has 2 heterocycles. The molecular formula is C31H32FN3O3S. The highest BCUT2D eigenvalue weighted by atomic mass is 32.1. The van der Waals surface area contributed by atoms with E-state index in [1.165, 1.54) is 34.6 Å². The smallest absolute Gasteiger partial charge is 0.271 e. The van der Waals surface area contributed by atoms with Crippen molar-refractivity contribution < 1.29 is 18.7 Å². The topological polar surface area (TPSA) is 63.7 Å². The van der Waals surface area contributed by atoms with Gasteiger partial charge in [0.15, 0.2) is 11.5 Å². The van der Waals surface area contributed by atoms with Crippen molar-refractivity contribution in [1.29, 1.82) is 0 Å². The number of nitrogens with zero attached hydrogens (tertiary/aromatic N) is 2. The summed E-state index contributed by atoms with van der Waals surface area (Å²) in [5.41, 5.74) is 4.89. The summed E-state index contributed by atoms with van der Waals surface area (Å²) in [5, 5.41) is 5.57. The minimum Gasteiger partial charge on any atom is -0.454 e. The van der Waals surface area contributed by atoms with E-state index in [-0.39, 0.29) is 23.9 Å². The Balaban J connectivity index is 1.25. The molecule has 1 aromatic heterocycles. The largest absolute Gasteiger partial charge is 0.454 e. The molecule has 5 rings (SSSR count). The molecule has 1 aliphatic rings. The molecular weight excluding hydrogens is 513 g/mol. The zero-order valence-electron chi connectivity index (χ0n) is 22.4. The Morgan fingerprint density at radius 1 is 0.923 bits per heavy atom. The first-order valence-electron chi connectivity index (χ1n) is 12.9. The fourth-order valence-corrected chi connectivity index (χ4v) is 5.20. The van der Waals surface area contributed by atoms with E-state index in [9.17, 15) is 9.18 Å². The van der Waals surface area contributed by atoms with E-state index in [1.54, 1.807) is 5.38 Å². The van der Waals surface area contributed by atoms with E-state index < -0.39 is 0 Å². The molecule has 202 valence electrons. The van der Waals surface area contributed by atoms with Crippen LogP contribution in [-0.4, -0.2) is 22.6 Å². The predicted octanol–water partition coefficient (Wildman–Crippen LogP) is 6.44. The molecule has 0 saturated heterocycles. The van der Waals surface area contributed by atoms with Gasteiger partial charge in [-0.25, -0.2) is 9.37 Å².